The molecule has 1 fully saturated rings. The van der Waals surface area contributed by atoms with Gasteiger partial charge >= 0.3 is 0 Å². The Morgan fingerprint density at radius 2 is 1.56 bits per heavy atom. The fraction of sp³-hybridized carbons (Fsp3) is 0.167. The zero-order chi connectivity index (χ0) is 28.2. The zero-order valence-corrected chi connectivity index (χ0v) is 23.9. The van der Waals surface area contributed by atoms with Crippen molar-refractivity contribution in [3.63, 3.8) is 0 Å². The van der Waals surface area contributed by atoms with Crippen LogP contribution in [0.5, 0.6) is 0 Å². The third-order valence-electron chi connectivity index (χ3n) is 6.75. The lowest BCUT2D eigenvalue weighted by atomic mass is 10.2. The first-order valence-electron chi connectivity index (χ1n) is 13.2. The number of nitrogens with one attached hydrogen (secondary N) is 2. The SMILES string of the molecule is Cc1cccc(Cl)c1NC(=O)c1cnc(Nc2nc(-c3ccccc3)nc(N3CCN(c4ccccc4)CC3)n2)s1. The van der Waals surface area contributed by atoms with Crippen LogP contribution >= 0.6 is 22.9 Å². The lowest BCUT2D eigenvalue weighted by molar-refractivity contribution is 0.103. The summed E-state index contributed by atoms with van der Waals surface area (Å²) in [6.07, 6.45) is 1.53. The molecule has 3 heterocycles. The number of benzene rings is 3. The van der Waals surface area contributed by atoms with E-state index in [0.717, 1.165) is 37.3 Å². The van der Waals surface area contributed by atoms with Gasteiger partial charge in [-0.1, -0.05) is 83.6 Å². The predicted molar refractivity (Wildman–Crippen MR) is 166 cm³/mol. The fourth-order valence-corrected chi connectivity index (χ4v) is 5.55. The second-order valence-corrected chi connectivity index (χ2v) is 10.9. The highest BCUT2D eigenvalue weighted by molar-refractivity contribution is 7.17. The van der Waals surface area contributed by atoms with Gasteiger partial charge in [-0.05, 0) is 30.7 Å². The summed E-state index contributed by atoms with van der Waals surface area (Å²) in [7, 11) is 0. The van der Waals surface area contributed by atoms with Gasteiger partial charge in [-0.3, -0.25) is 10.1 Å². The summed E-state index contributed by atoms with van der Waals surface area (Å²) < 4.78 is 0. The van der Waals surface area contributed by atoms with Crippen molar-refractivity contribution in [1.82, 2.24) is 19.9 Å². The molecule has 6 rings (SSSR count). The maximum absolute atomic E-state index is 12.9. The number of hydrogen-bond acceptors (Lipinski definition) is 9. The predicted octanol–water partition coefficient (Wildman–Crippen LogP) is 6.28. The number of anilines is 5. The van der Waals surface area contributed by atoms with Gasteiger partial charge in [-0.2, -0.15) is 15.0 Å². The number of rotatable bonds is 7. The van der Waals surface area contributed by atoms with E-state index < -0.39 is 0 Å². The number of piperazine rings is 1. The molecular formula is C30H27ClN8OS. The largest absolute Gasteiger partial charge is 0.368 e. The van der Waals surface area contributed by atoms with E-state index in [1.807, 2.05) is 55.5 Å². The van der Waals surface area contributed by atoms with E-state index in [4.69, 9.17) is 21.6 Å². The highest BCUT2D eigenvalue weighted by Crippen LogP contribution is 2.29. The van der Waals surface area contributed by atoms with Crippen LogP contribution in [0.2, 0.25) is 5.02 Å². The summed E-state index contributed by atoms with van der Waals surface area (Å²) >= 11 is 7.50. The van der Waals surface area contributed by atoms with Crippen LogP contribution in [0.25, 0.3) is 11.4 Å². The van der Waals surface area contributed by atoms with Crippen molar-refractivity contribution in [2.45, 2.75) is 6.92 Å². The van der Waals surface area contributed by atoms with E-state index in [0.29, 0.717) is 38.4 Å². The van der Waals surface area contributed by atoms with Crippen molar-refractivity contribution in [2.24, 2.45) is 0 Å². The molecule has 9 nitrogen and oxygen atoms in total. The quantitative estimate of drug-likeness (QED) is 0.231. The number of carbonyl (C=O) groups is 1. The molecule has 0 radical (unpaired) electrons. The second kappa shape index (κ2) is 11.9. The minimum atomic E-state index is -0.288. The molecule has 2 aromatic heterocycles. The van der Waals surface area contributed by atoms with Crippen LogP contribution in [0.4, 0.5) is 28.4 Å². The second-order valence-electron chi connectivity index (χ2n) is 9.50. The van der Waals surface area contributed by atoms with Crippen LogP contribution in [0.3, 0.4) is 0 Å². The van der Waals surface area contributed by atoms with E-state index in [9.17, 15) is 4.79 Å². The number of aryl methyl sites for hydroxylation is 1. The third kappa shape index (κ3) is 6.13. The van der Waals surface area contributed by atoms with E-state index in [1.165, 1.54) is 23.2 Å². The molecule has 0 atom stereocenters. The molecule has 0 aliphatic carbocycles. The van der Waals surface area contributed by atoms with Crippen molar-refractivity contribution < 1.29 is 4.79 Å². The smallest absolute Gasteiger partial charge is 0.267 e. The van der Waals surface area contributed by atoms with Gasteiger partial charge in [0.05, 0.1) is 16.9 Å². The Morgan fingerprint density at radius 3 is 2.29 bits per heavy atom. The minimum absolute atomic E-state index is 0.288. The van der Waals surface area contributed by atoms with Crippen LogP contribution in [-0.4, -0.2) is 52.0 Å². The maximum atomic E-state index is 12.9. The van der Waals surface area contributed by atoms with Gasteiger partial charge in [0.1, 0.15) is 4.88 Å². The molecule has 0 bridgehead atoms. The number of aromatic nitrogens is 4. The van der Waals surface area contributed by atoms with E-state index in [2.05, 4.69) is 54.7 Å². The van der Waals surface area contributed by atoms with E-state index >= 15 is 0 Å². The molecule has 1 aliphatic rings. The molecule has 3 aromatic carbocycles. The maximum Gasteiger partial charge on any atom is 0.267 e. The van der Waals surface area contributed by atoms with Gasteiger partial charge in [0.25, 0.3) is 5.91 Å². The van der Waals surface area contributed by atoms with Gasteiger partial charge in [-0.25, -0.2) is 4.98 Å². The van der Waals surface area contributed by atoms with Crippen molar-refractivity contribution in [2.75, 3.05) is 46.6 Å². The van der Waals surface area contributed by atoms with Crippen LogP contribution in [-0.2, 0) is 0 Å². The van der Waals surface area contributed by atoms with Crippen LogP contribution in [0, 0.1) is 6.92 Å². The van der Waals surface area contributed by atoms with Crippen LogP contribution in [0.1, 0.15) is 15.2 Å². The van der Waals surface area contributed by atoms with E-state index in [-0.39, 0.29) is 5.91 Å². The normalized spacial score (nSPS) is 13.2. The first-order valence-corrected chi connectivity index (χ1v) is 14.4. The van der Waals surface area contributed by atoms with Gasteiger partial charge in [0, 0.05) is 37.4 Å². The Balaban J connectivity index is 1.22. The number of halogens is 1. The van der Waals surface area contributed by atoms with Crippen molar-refractivity contribution in [3.8, 4) is 11.4 Å². The highest BCUT2D eigenvalue weighted by Gasteiger charge is 2.22. The molecule has 11 heteroatoms. The number of nitrogens with zero attached hydrogens (tertiary/aromatic N) is 6. The number of hydrogen-bond donors (Lipinski definition) is 2. The number of thiazole rings is 1. The summed E-state index contributed by atoms with van der Waals surface area (Å²) in [6.45, 7) is 5.15. The summed E-state index contributed by atoms with van der Waals surface area (Å²) in [4.78, 5) is 36.5. The Labute approximate surface area is 246 Å². The summed E-state index contributed by atoms with van der Waals surface area (Å²) in [6, 6.07) is 25.7. The number of carbonyl (C=O) groups excluding carboxylic acids is 1. The van der Waals surface area contributed by atoms with Gasteiger partial charge in [-0.15, -0.1) is 0 Å². The first kappa shape index (κ1) is 26.7. The van der Waals surface area contributed by atoms with Crippen LogP contribution < -0.4 is 20.4 Å². The lowest BCUT2D eigenvalue weighted by Gasteiger charge is -2.36. The molecular weight excluding hydrogens is 556 g/mol. The standard InChI is InChI=1S/C30H27ClN8OS/c1-20-9-8-14-23(31)25(20)33-27(40)24-19-32-30(41-24)37-28-34-26(21-10-4-2-5-11-21)35-29(36-28)39-17-15-38(16-18-39)22-12-6-3-7-13-22/h2-14,19H,15-18H2,1H3,(H,33,40)(H,32,34,35,36,37). The molecule has 1 amide bonds. The first-order chi connectivity index (χ1) is 20.0. The van der Waals surface area contributed by atoms with Gasteiger partial charge < -0.3 is 15.1 Å². The molecule has 2 N–H and O–H groups in total. The third-order valence-corrected chi connectivity index (χ3v) is 7.97. The molecule has 5 aromatic rings. The van der Waals surface area contributed by atoms with Gasteiger partial charge in [0.15, 0.2) is 11.0 Å². The summed E-state index contributed by atoms with van der Waals surface area (Å²) in [5, 5.41) is 7.06. The Morgan fingerprint density at radius 1 is 0.854 bits per heavy atom. The van der Waals surface area contributed by atoms with Crippen LogP contribution in [0.15, 0.2) is 85.1 Å². The fourth-order valence-electron chi connectivity index (χ4n) is 4.58. The topological polar surface area (TPSA) is 99.2 Å². The molecule has 0 spiro atoms. The molecule has 206 valence electrons. The Kier molecular flexibility index (Phi) is 7.75. The average molecular weight is 583 g/mol. The monoisotopic (exact) mass is 582 g/mol. The van der Waals surface area contributed by atoms with Crippen molar-refractivity contribution >= 4 is 57.2 Å². The average Bonchev–Trinajstić information content (AvgIpc) is 3.48. The lowest BCUT2D eigenvalue weighted by Crippen LogP contribution is -2.47. The number of para-hydroxylation sites is 2. The Hall–Kier alpha value is -4.54. The van der Waals surface area contributed by atoms with E-state index in [1.54, 1.807) is 6.07 Å². The van der Waals surface area contributed by atoms with Crippen molar-refractivity contribution in [1.29, 1.82) is 0 Å². The zero-order valence-electron chi connectivity index (χ0n) is 22.3. The molecule has 0 unspecified atom stereocenters. The summed E-state index contributed by atoms with van der Waals surface area (Å²) in [5.74, 6) is 1.23. The highest BCUT2D eigenvalue weighted by atomic mass is 35.5. The molecule has 1 saturated heterocycles. The minimum Gasteiger partial charge on any atom is -0.368 e. The number of amides is 1. The summed E-state index contributed by atoms with van der Waals surface area (Å²) in [5.41, 5.74) is 3.56. The Bertz CT molecular complexity index is 1640. The molecule has 1 aliphatic heterocycles. The van der Waals surface area contributed by atoms with Gasteiger partial charge in [0.2, 0.25) is 11.9 Å². The molecule has 41 heavy (non-hydrogen) atoms. The van der Waals surface area contributed by atoms with Crippen molar-refractivity contribution in [3.05, 3.63) is 101 Å². The molecule has 0 saturated carbocycles.